The summed E-state index contributed by atoms with van der Waals surface area (Å²) in [5.74, 6) is 1.63. The second-order valence-electron chi connectivity index (χ2n) is 5.46. The Hall–Kier alpha value is -1.69. The van der Waals surface area contributed by atoms with E-state index in [0.29, 0.717) is 5.92 Å². The van der Waals surface area contributed by atoms with Gasteiger partial charge in [0.15, 0.2) is 0 Å². The SMILES string of the molecule is CCCn1ncnc1Cn1cnc(CNCC(C)C)c1. The third-order valence-corrected chi connectivity index (χ3v) is 3.00. The van der Waals surface area contributed by atoms with E-state index in [1.165, 1.54) is 0 Å². The lowest BCUT2D eigenvalue weighted by Gasteiger charge is -2.05. The highest BCUT2D eigenvalue weighted by Crippen LogP contribution is 2.02. The zero-order valence-electron chi connectivity index (χ0n) is 12.6. The summed E-state index contributed by atoms with van der Waals surface area (Å²) in [6.07, 6.45) is 6.60. The first kappa shape index (κ1) is 14.7. The van der Waals surface area contributed by atoms with E-state index in [9.17, 15) is 0 Å². The maximum absolute atomic E-state index is 4.41. The molecule has 0 aromatic carbocycles. The fraction of sp³-hybridized carbons (Fsp3) is 0.643. The zero-order valence-corrected chi connectivity index (χ0v) is 12.6. The summed E-state index contributed by atoms with van der Waals surface area (Å²) in [7, 11) is 0. The molecule has 0 aliphatic heterocycles. The fourth-order valence-corrected chi connectivity index (χ4v) is 2.05. The van der Waals surface area contributed by atoms with Crippen LogP contribution in [0.2, 0.25) is 0 Å². The molecule has 0 unspecified atom stereocenters. The maximum atomic E-state index is 4.41. The van der Waals surface area contributed by atoms with Gasteiger partial charge in [-0.3, -0.25) is 0 Å². The number of hydrogen-bond acceptors (Lipinski definition) is 4. The first-order valence-electron chi connectivity index (χ1n) is 7.27. The number of rotatable bonds is 8. The molecule has 20 heavy (non-hydrogen) atoms. The lowest BCUT2D eigenvalue weighted by atomic mass is 10.2. The van der Waals surface area contributed by atoms with Gasteiger partial charge < -0.3 is 9.88 Å². The van der Waals surface area contributed by atoms with Crippen LogP contribution in [0, 0.1) is 5.92 Å². The van der Waals surface area contributed by atoms with Gasteiger partial charge in [0.1, 0.15) is 12.2 Å². The molecule has 6 heteroatoms. The summed E-state index contributed by atoms with van der Waals surface area (Å²) in [6, 6.07) is 0. The summed E-state index contributed by atoms with van der Waals surface area (Å²) in [5, 5.41) is 7.63. The molecular weight excluding hydrogens is 252 g/mol. The van der Waals surface area contributed by atoms with Crippen LogP contribution >= 0.6 is 0 Å². The van der Waals surface area contributed by atoms with Crippen molar-refractivity contribution in [3.63, 3.8) is 0 Å². The summed E-state index contributed by atoms with van der Waals surface area (Å²) in [5.41, 5.74) is 1.06. The molecular formula is C14H24N6. The predicted octanol–water partition coefficient (Wildman–Crippen LogP) is 1.68. The summed E-state index contributed by atoms with van der Waals surface area (Å²) >= 11 is 0. The number of hydrogen-bond donors (Lipinski definition) is 1. The standard InChI is InChI=1S/C14H24N6/c1-4-5-20-14(16-10-18-20)9-19-8-13(17-11-19)7-15-6-12(2)3/h8,10-12,15H,4-7,9H2,1-3H3. The minimum atomic E-state index is 0.657. The summed E-state index contributed by atoms with van der Waals surface area (Å²) < 4.78 is 4.01. The molecule has 0 spiro atoms. The third-order valence-electron chi connectivity index (χ3n) is 3.00. The van der Waals surface area contributed by atoms with Gasteiger partial charge in [-0.15, -0.1) is 0 Å². The molecule has 0 saturated heterocycles. The molecule has 0 radical (unpaired) electrons. The van der Waals surface area contributed by atoms with E-state index >= 15 is 0 Å². The molecule has 6 nitrogen and oxygen atoms in total. The van der Waals surface area contributed by atoms with Crippen molar-refractivity contribution < 1.29 is 0 Å². The Kier molecular flexibility index (Phi) is 5.29. The molecule has 1 N–H and O–H groups in total. The Morgan fingerprint density at radius 2 is 2.15 bits per heavy atom. The minimum absolute atomic E-state index is 0.657. The van der Waals surface area contributed by atoms with E-state index in [1.807, 2.05) is 11.0 Å². The van der Waals surface area contributed by atoms with Gasteiger partial charge in [0, 0.05) is 19.3 Å². The largest absolute Gasteiger partial charge is 0.330 e. The third kappa shape index (κ3) is 4.16. The van der Waals surface area contributed by atoms with Crippen molar-refractivity contribution in [2.45, 2.75) is 46.8 Å². The van der Waals surface area contributed by atoms with Crippen LogP contribution in [0.15, 0.2) is 18.9 Å². The number of imidazole rings is 1. The van der Waals surface area contributed by atoms with Gasteiger partial charge in [-0.2, -0.15) is 5.10 Å². The minimum Gasteiger partial charge on any atom is -0.330 e. The Labute approximate surface area is 120 Å². The number of aromatic nitrogens is 5. The average Bonchev–Trinajstić information content (AvgIpc) is 3.01. The maximum Gasteiger partial charge on any atom is 0.146 e. The van der Waals surface area contributed by atoms with E-state index in [1.54, 1.807) is 6.33 Å². The van der Waals surface area contributed by atoms with Gasteiger partial charge in [0.05, 0.1) is 18.6 Å². The van der Waals surface area contributed by atoms with Crippen LogP contribution in [-0.2, 0) is 19.6 Å². The van der Waals surface area contributed by atoms with Crippen molar-refractivity contribution in [1.29, 1.82) is 0 Å². The van der Waals surface area contributed by atoms with Gasteiger partial charge in [-0.25, -0.2) is 14.6 Å². The van der Waals surface area contributed by atoms with Crippen LogP contribution in [0.3, 0.4) is 0 Å². The normalized spacial score (nSPS) is 11.4. The molecule has 0 amide bonds. The Morgan fingerprint density at radius 1 is 1.30 bits per heavy atom. The molecule has 2 aromatic rings. The van der Waals surface area contributed by atoms with Gasteiger partial charge in [-0.05, 0) is 18.9 Å². The van der Waals surface area contributed by atoms with E-state index in [0.717, 1.165) is 44.1 Å². The van der Waals surface area contributed by atoms with Gasteiger partial charge >= 0.3 is 0 Å². The van der Waals surface area contributed by atoms with Gasteiger partial charge in [0.25, 0.3) is 0 Å². The van der Waals surface area contributed by atoms with Crippen molar-refractivity contribution in [3.05, 3.63) is 30.4 Å². The number of nitrogens with zero attached hydrogens (tertiary/aromatic N) is 5. The van der Waals surface area contributed by atoms with Crippen LogP contribution in [0.25, 0.3) is 0 Å². The summed E-state index contributed by atoms with van der Waals surface area (Å²) in [4.78, 5) is 8.72. The van der Waals surface area contributed by atoms with Crippen molar-refractivity contribution in [1.82, 2.24) is 29.6 Å². The highest BCUT2D eigenvalue weighted by atomic mass is 15.3. The average molecular weight is 276 g/mol. The molecule has 2 heterocycles. The molecule has 0 aliphatic carbocycles. The van der Waals surface area contributed by atoms with Gasteiger partial charge in [0.2, 0.25) is 0 Å². The van der Waals surface area contributed by atoms with Crippen LogP contribution in [0.4, 0.5) is 0 Å². The summed E-state index contributed by atoms with van der Waals surface area (Å²) in [6.45, 7) is 9.99. The Morgan fingerprint density at radius 3 is 2.90 bits per heavy atom. The second kappa shape index (κ2) is 7.19. The molecule has 0 saturated carbocycles. The quantitative estimate of drug-likeness (QED) is 0.797. The molecule has 110 valence electrons. The van der Waals surface area contributed by atoms with Crippen molar-refractivity contribution in [2.75, 3.05) is 6.54 Å². The van der Waals surface area contributed by atoms with E-state index < -0.39 is 0 Å². The highest BCUT2D eigenvalue weighted by Gasteiger charge is 2.05. The monoisotopic (exact) mass is 276 g/mol. The molecule has 2 rings (SSSR count). The lowest BCUT2D eigenvalue weighted by Crippen LogP contribution is -2.19. The van der Waals surface area contributed by atoms with Crippen molar-refractivity contribution >= 4 is 0 Å². The number of nitrogens with one attached hydrogen (secondary N) is 1. The predicted molar refractivity (Wildman–Crippen MR) is 78.2 cm³/mol. The van der Waals surface area contributed by atoms with Crippen molar-refractivity contribution in [2.24, 2.45) is 5.92 Å². The molecule has 0 atom stereocenters. The molecule has 2 aromatic heterocycles. The van der Waals surface area contributed by atoms with E-state index in [2.05, 4.69) is 51.9 Å². The van der Waals surface area contributed by atoms with Crippen LogP contribution < -0.4 is 5.32 Å². The van der Waals surface area contributed by atoms with Crippen LogP contribution in [-0.4, -0.2) is 30.9 Å². The molecule has 0 bridgehead atoms. The fourth-order valence-electron chi connectivity index (χ4n) is 2.05. The van der Waals surface area contributed by atoms with Gasteiger partial charge in [-0.1, -0.05) is 20.8 Å². The molecule has 0 fully saturated rings. The first-order chi connectivity index (χ1) is 9.69. The first-order valence-corrected chi connectivity index (χ1v) is 7.27. The Bertz CT molecular complexity index is 513. The smallest absolute Gasteiger partial charge is 0.146 e. The van der Waals surface area contributed by atoms with E-state index in [-0.39, 0.29) is 0 Å². The van der Waals surface area contributed by atoms with Crippen LogP contribution in [0.5, 0.6) is 0 Å². The zero-order chi connectivity index (χ0) is 14.4. The number of aryl methyl sites for hydroxylation is 1. The van der Waals surface area contributed by atoms with Crippen molar-refractivity contribution in [3.8, 4) is 0 Å². The lowest BCUT2D eigenvalue weighted by molar-refractivity contribution is 0.547. The van der Waals surface area contributed by atoms with Crippen LogP contribution in [0.1, 0.15) is 38.7 Å². The Balaban J connectivity index is 1.90. The topological polar surface area (TPSA) is 60.6 Å². The second-order valence-corrected chi connectivity index (χ2v) is 5.46. The molecule has 0 aliphatic rings. The highest BCUT2D eigenvalue weighted by molar-refractivity contribution is 4.98. The van der Waals surface area contributed by atoms with E-state index in [4.69, 9.17) is 0 Å².